The molecule has 2 heterocycles. The summed E-state index contributed by atoms with van der Waals surface area (Å²) in [5, 5.41) is 18.0. The van der Waals surface area contributed by atoms with Crippen molar-refractivity contribution in [3.8, 4) is 0 Å². The third-order valence-electron chi connectivity index (χ3n) is 5.19. The van der Waals surface area contributed by atoms with Gasteiger partial charge in [-0.25, -0.2) is 12.8 Å². The van der Waals surface area contributed by atoms with Gasteiger partial charge in [0, 0.05) is 30.7 Å². The summed E-state index contributed by atoms with van der Waals surface area (Å²) in [7, 11) is -3.66. The zero-order valence-electron chi connectivity index (χ0n) is 16.0. The Morgan fingerprint density at radius 1 is 1.17 bits per heavy atom. The average Bonchev–Trinajstić information content (AvgIpc) is 3.07. The highest BCUT2D eigenvalue weighted by molar-refractivity contribution is 7.89. The lowest BCUT2D eigenvalue weighted by Gasteiger charge is -2.28. The van der Waals surface area contributed by atoms with Gasteiger partial charge in [0.15, 0.2) is 5.82 Å². The van der Waals surface area contributed by atoms with Gasteiger partial charge >= 0.3 is 0 Å². The second kappa shape index (κ2) is 7.74. The summed E-state index contributed by atoms with van der Waals surface area (Å²) in [6, 6.07) is 10.9. The highest BCUT2D eigenvalue weighted by atomic mass is 32.2. The fourth-order valence-electron chi connectivity index (χ4n) is 3.55. The van der Waals surface area contributed by atoms with Crippen molar-refractivity contribution in [1.29, 1.82) is 0 Å². The number of aryl methyl sites for hydroxylation is 1. The van der Waals surface area contributed by atoms with Gasteiger partial charge < -0.3 is 10.4 Å². The van der Waals surface area contributed by atoms with Gasteiger partial charge in [-0.2, -0.15) is 9.40 Å². The zero-order valence-corrected chi connectivity index (χ0v) is 16.9. The second-order valence-corrected chi connectivity index (χ2v) is 9.05. The van der Waals surface area contributed by atoms with E-state index < -0.39 is 16.1 Å². The molecule has 0 amide bonds. The van der Waals surface area contributed by atoms with Crippen LogP contribution in [0, 0.1) is 5.82 Å². The van der Waals surface area contributed by atoms with Crippen molar-refractivity contribution >= 4 is 32.4 Å². The number of hydrogen-bond donors (Lipinski definition) is 2. The first-order valence-electron chi connectivity index (χ1n) is 9.60. The van der Waals surface area contributed by atoms with E-state index in [1.165, 1.54) is 16.4 Å². The van der Waals surface area contributed by atoms with Crippen molar-refractivity contribution in [3.63, 3.8) is 0 Å². The molecule has 7 nitrogen and oxygen atoms in total. The van der Waals surface area contributed by atoms with Gasteiger partial charge in [0.2, 0.25) is 10.0 Å². The third-order valence-corrected chi connectivity index (χ3v) is 7.08. The van der Waals surface area contributed by atoms with Crippen LogP contribution in [-0.2, 0) is 16.6 Å². The predicted molar refractivity (Wildman–Crippen MR) is 109 cm³/mol. The van der Waals surface area contributed by atoms with Crippen LogP contribution < -0.4 is 5.32 Å². The molecule has 0 aliphatic carbocycles. The van der Waals surface area contributed by atoms with Crippen LogP contribution in [0.15, 0.2) is 47.4 Å². The Morgan fingerprint density at radius 3 is 2.52 bits per heavy atom. The van der Waals surface area contributed by atoms with E-state index in [0.29, 0.717) is 49.4 Å². The van der Waals surface area contributed by atoms with Gasteiger partial charge in [-0.1, -0.05) is 0 Å². The van der Waals surface area contributed by atoms with Crippen LogP contribution in [0.4, 0.5) is 15.9 Å². The van der Waals surface area contributed by atoms with Crippen molar-refractivity contribution in [2.75, 3.05) is 18.4 Å². The largest absolute Gasteiger partial charge is 0.393 e. The molecule has 0 saturated carbocycles. The van der Waals surface area contributed by atoms with Gasteiger partial charge in [-0.3, -0.25) is 4.68 Å². The molecule has 1 saturated heterocycles. The van der Waals surface area contributed by atoms with Crippen molar-refractivity contribution in [1.82, 2.24) is 14.1 Å². The van der Waals surface area contributed by atoms with E-state index in [4.69, 9.17) is 0 Å². The second-order valence-electron chi connectivity index (χ2n) is 7.11. The maximum absolute atomic E-state index is 13.2. The van der Waals surface area contributed by atoms with Crippen LogP contribution in [0.5, 0.6) is 0 Å². The average molecular weight is 418 g/mol. The fourth-order valence-corrected chi connectivity index (χ4v) is 5.05. The Hall–Kier alpha value is -2.49. The summed E-state index contributed by atoms with van der Waals surface area (Å²) in [5.74, 6) is 0.180. The van der Waals surface area contributed by atoms with Crippen molar-refractivity contribution in [3.05, 3.63) is 48.3 Å². The Labute approximate surface area is 168 Å². The summed E-state index contributed by atoms with van der Waals surface area (Å²) in [5.41, 5.74) is 1.47. The van der Waals surface area contributed by atoms with E-state index in [2.05, 4.69) is 10.4 Å². The number of fused-ring (bicyclic) bond motifs is 1. The van der Waals surface area contributed by atoms with E-state index in [0.717, 1.165) is 5.52 Å². The Bertz CT molecular complexity index is 1120. The normalized spacial score (nSPS) is 16.4. The molecule has 4 rings (SSSR count). The summed E-state index contributed by atoms with van der Waals surface area (Å²) < 4.78 is 42.5. The van der Waals surface area contributed by atoms with E-state index >= 15 is 0 Å². The minimum Gasteiger partial charge on any atom is -0.393 e. The first-order chi connectivity index (χ1) is 13.9. The quantitative estimate of drug-likeness (QED) is 0.665. The van der Waals surface area contributed by atoms with Crippen LogP contribution in [0.2, 0.25) is 0 Å². The minimum absolute atomic E-state index is 0.194. The maximum atomic E-state index is 13.2. The number of nitrogens with one attached hydrogen (secondary N) is 1. The fraction of sp³-hybridized carbons (Fsp3) is 0.350. The van der Waals surface area contributed by atoms with Crippen molar-refractivity contribution < 1.29 is 17.9 Å². The molecule has 154 valence electrons. The Morgan fingerprint density at radius 2 is 1.86 bits per heavy atom. The molecule has 1 aliphatic heterocycles. The highest BCUT2D eigenvalue weighted by Gasteiger charge is 2.29. The number of benzene rings is 2. The van der Waals surface area contributed by atoms with Crippen LogP contribution in [0.25, 0.3) is 10.9 Å². The van der Waals surface area contributed by atoms with E-state index in [9.17, 15) is 17.9 Å². The molecule has 0 radical (unpaired) electrons. The van der Waals surface area contributed by atoms with E-state index in [-0.39, 0.29) is 10.7 Å². The number of aromatic nitrogens is 2. The zero-order chi connectivity index (χ0) is 20.6. The third kappa shape index (κ3) is 3.85. The molecule has 2 aromatic carbocycles. The molecule has 1 aromatic heterocycles. The number of aliphatic hydroxyl groups is 1. The monoisotopic (exact) mass is 418 g/mol. The molecular formula is C20H23FN4O3S. The molecule has 1 aliphatic rings. The van der Waals surface area contributed by atoms with E-state index in [1.54, 1.807) is 35.0 Å². The molecule has 29 heavy (non-hydrogen) atoms. The van der Waals surface area contributed by atoms with Gasteiger partial charge in [-0.15, -0.1) is 0 Å². The van der Waals surface area contributed by atoms with Crippen LogP contribution >= 0.6 is 0 Å². The topological polar surface area (TPSA) is 87.5 Å². The minimum atomic E-state index is -3.66. The first kappa shape index (κ1) is 19.8. The molecule has 2 N–H and O–H groups in total. The number of hydrogen-bond acceptors (Lipinski definition) is 5. The number of sulfonamides is 1. The smallest absolute Gasteiger partial charge is 0.243 e. The standard InChI is InChI=1S/C20H23FN4O3S/c1-2-25-19-8-7-17(29(27,28)24-11-9-16(26)10-12-24)13-18(19)20(23-25)22-15-5-3-14(21)4-6-15/h3-8,13,16,26H,2,9-12H2,1H3,(H,22,23). The van der Waals surface area contributed by atoms with Crippen LogP contribution in [-0.4, -0.2) is 46.8 Å². The lowest BCUT2D eigenvalue weighted by molar-refractivity contribution is 0.113. The summed E-state index contributed by atoms with van der Waals surface area (Å²) in [6.07, 6.45) is 0.428. The number of rotatable bonds is 5. The summed E-state index contributed by atoms with van der Waals surface area (Å²) in [4.78, 5) is 0.194. The van der Waals surface area contributed by atoms with Gasteiger partial charge in [0.05, 0.1) is 16.5 Å². The van der Waals surface area contributed by atoms with Crippen molar-refractivity contribution in [2.24, 2.45) is 0 Å². The molecular weight excluding hydrogens is 395 g/mol. The number of piperidine rings is 1. The molecule has 3 aromatic rings. The molecule has 9 heteroatoms. The maximum Gasteiger partial charge on any atom is 0.243 e. The van der Waals surface area contributed by atoms with Crippen LogP contribution in [0.3, 0.4) is 0 Å². The molecule has 0 spiro atoms. The van der Waals surface area contributed by atoms with Crippen LogP contribution in [0.1, 0.15) is 19.8 Å². The first-order valence-corrected chi connectivity index (χ1v) is 11.0. The molecule has 0 atom stereocenters. The molecule has 0 unspecified atom stereocenters. The van der Waals surface area contributed by atoms with Gasteiger partial charge in [0.25, 0.3) is 0 Å². The SMILES string of the molecule is CCn1nc(Nc2ccc(F)cc2)c2cc(S(=O)(=O)N3CCC(O)CC3)ccc21. The van der Waals surface area contributed by atoms with Gasteiger partial charge in [0.1, 0.15) is 5.82 Å². The Balaban J connectivity index is 1.73. The van der Waals surface area contributed by atoms with E-state index in [1.807, 2.05) is 6.92 Å². The lowest BCUT2D eigenvalue weighted by atomic mass is 10.1. The predicted octanol–water partition coefficient (Wildman–Crippen LogP) is 3.08. The van der Waals surface area contributed by atoms with Gasteiger partial charge in [-0.05, 0) is 62.2 Å². The summed E-state index contributed by atoms with van der Waals surface area (Å²) >= 11 is 0. The number of nitrogens with zero attached hydrogens (tertiary/aromatic N) is 3. The molecule has 0 bridgehead atoms. The molecule has 1 fully saturated rings. The number of halogens is 1. The Kier molecular flexibility index (Phi) is 5.28. The highest BCUT2D eigenvalue weighted by Crippen LogP contribution is 2.30. The number of anilines is 2. The number of aliphatic hydroxyl groups excluding tert-OH is 1. The van der Waals surface area contributed by atoms with Crippen molar-refractivity contribution in [2.45, 2.75) is 37.3 Å². The lowest BCUT2D eigenvalue weighted by Crippen LogP contribution is -2.39. The summed E-state index contributed by atoms with van der Waals surface area (Å²) in [6.45, 7) is 3.18.